The van der Waals surface area contributed by atoms with Gasteiger partial charge in [0.05, 0.1) is 13.0 Å². The summed E-state index contributed by atoms with van der Waals surface area (Å²) in [4.78, 5) is 44.1. The van der Waals surface area contributed by atoms with Crippen molar-refractivity contribution in [1.82, 2.24) is 14.7 Å². The number of hydrogen-bond donors (Lipinski definition) is 0. The van der Waals surface area contributed by atoms with Crippen LogP contribution in [0.15, 0.2) is 30.3 Å². The fourth-order valence-corrected chi connectivity index (χ4v) is 4.91. The summed E-state index contributed by atoms with van der Waals surface area (Å²) in [7, 11) is 0. The fourth-order valence-electron chi connectivity index (χ4n) is 4.91. The molecule has 1 aromatic rings. The van der Waals surface area contributed by atoms with Gasteiger partial charge in [-0.3, -0.25) is 19.3 Å². The first kappa shape index (κ1) is 26.0. The minimum absolute atomic E-state index is 0.00280. The molecule has 1 unspecified atom stereocenters. The molecule has 2 saturated heterocycles. The molecule has 1 atom stereocenters. The van der Waals surface area contributed by atoms with Gasteiger partial charge in [0.15, 0.2) is 6.61 Å². The normalized spacial score (nSPS) is 19.1. The van der Waals surface area contributed by atoms with Gasteiger partial charge in [-0.1, -0.05) is 25.1 Å². The molecule has 8 heteroatoms. The lowest BCUT2D eigenvalue weighted by Gasteiger charge is -2.36. The molecule has 0 aromatic heterocycles. The predicted molar refractivity (Wildman–Crippen MR) is 129 cm³/mol. The Morgan fingerprint density at radius 2 is 1.76 bits per heavy atom. The Labute approximate surface area is 203 Å². The number of hydrogen-bond acceptors (Lipinski definition) is 6. The highest BCUT2D eigenvalue weighted by atomic mass is 16.5. The lowest BCUT2D eigenvalue weighted by Crippen LogP contribution is -2.49. The van der Waals surface area contributed by atoms with E-state index in [1.54, 1.807) is 11.8 Å². The molecule has 0 saturated carbocycles. The van der Waals surface area contributed by atoms with E-state index >= 15 is 0 Å². The van der Waals surface area contributed by atoms with Gasteiger partial charge in [-0.05, 0) is 57.8 Å². The second-order valence-corrected chi connectivity index (χ2v) is 9.02. The molecule has 2 fully saturated rings. The van der Waals surface area contributed by atoms with Crippen molar-refractivity contribution in [2.45, 2.75) is 52.0 Å². The predicted octanol–water partition coefficient (Wildman–Crippen LogP) is 2.57. The SMILES string of the molecule is CCOC(=O)CCN(CC1CCCN1CC)C(=O)C1CCN(C(=O)COc2ccccc2)CC1. The highest BCUT2D eigenvalue weighted by Crippen LogP contribution is 2.23. The number of rotatable bonds is 11. The monoisotopic (exact) mass is 473 g/mol. The van der Waals surface area contributed by atoms with E-state index in [0.29, 0.717) is 57.4 Å². The molecule has 1 aromatic carbocycles. The van der Waals surface area contributed by atoms with Gasteiger partial charge in [0, 0.05) is 38.1 Å². The van der Waals surface area contributed by atoms with E-state index in [2.05, 4.69) is 11.8 Å². The third-order valence-electron chi connectivity index (χ3n) is 6.84. The lowest BCUT2D eigenvalue weighted by atomic mass is 9.94. The first-order valence-electron chi connectivity index (χ1n) is 12.7. The van der Waals surface area contributed by atoms with Gasteiger partial charge in [-0.2, -0.15) is 0 Å². The van der Waals surface area contributed by atoms with Crippen molar-refractivity contribution < 1.29 is 23.9 Å². The maximum absolute atomic E-state index is 13.5. The van der Waals surface area contributed by atoms with Crippen LogP contribution < -0.4 is 4.74 Å². The molecule has 188 valence electrons. The zero-order valence-electron chi connectivity index (χ0n) is 20.6. The number of likely N-dealkylation sites (N-methyl/N-ethyl adjacent to an activating group) is 1. The van der Waals surface area contributed by atoms with Crippen LogP contribution in [0.4, 0.5) is 0 Å². The molecule has 0 bridgehead atoms. The first-order chi connectivity index (χ1) is 16.5. The van der Waals surface area contributed by atoms with Crippen molar-refractivity contribution in [2.24, 2.45) is 5.92 Å². The molecular formula is C26H39N3O5. The molecule has 0 N–H and O–H groups in total. The van der Waals surface area contributed by atoms with E-state index < -0.39 is 0 Å². The van der Waals surface area contributed by atoms with E-state index in [0.717, 1.165) is 25.9 Å². The number of esters is 1. The van der Waals surface area contributed by atoms with E-state index in [-0.39, 0.29) is 36.7 Å². The number of likely N-dealkylation sites (tertiary alicyclic amines) is 2. The molecule has 2 amide bonds. The van der Waals surface area contributed by atoms with Gasteiger partial charge in [0.1, 0.15) is 5.75 Å². The van der Waals surface area contributed by atoms with Crippen LogP contribution in [0.5, 0.6) is 5.75 Å². The molecule has 3 rings (SSSR count). The van der Waals surface area contributed by atoms with Crippen LogP contribution in [0.2, 0.25) is 0 Å². The van der Waals surface area contributed by atoms with Crippen LogP contribution >= 0.6 is 0 Å². The maximum atomic E-state index is 13.5. The molecular weight excluding hydrogens is 434 g/mol. The highest BCUT2D eigenvalue weighted by molar-refractivity contribution is 5.81. The van der Waals surface area contributed by atoms with Crippen LogP contribution in [0.25, 0.3) is 0 Å². The number of amides is 2. The minimum Gasteiger partial charge on any atom is -0.484 e. The summed E-state index contributed by atoms with van der Waals surface area (Å²) in [6.45, 7) is 8.44. The number of para-hydroxylation sites is 1. The lowest BCUT2D eigenvalue weighted by molar-refractivity contribution is -0.146. The Kier molecular flexibility index (Phi) is 10.2. The van der Waals surface area contributed by atoms with Gasteiger partial charge in [-0.15, -0.1) is 0 Å². The molecule has 0 spiro atoms. The quantitative estimate of drug-likeness (QED) is 0.460. The Balaban J connectivity index is 1.52. The summed E-state index contributed by atoms with van der Waals surface area (Å²) in [5, 5.41) is 0. The van der Waals surface area contributed by atoms with Crippen molar-refractivity contribution >= 4 is 17.8 Å². The van der Waals surface area contributed by atoms with Gasteiger partial charge >= 0.3 is 5.97 Å². The van der Waals surface area contributed by atoms with Gasteiger partial charge < -0.3 is 19.3 Å². The smallest absolute Gasteiger partial charge is 0.307 e. The van der Waals surface area contributed by atoms with Crippen molar-refractivity contribution in [1.29, 1.82) is 0 Å². The van der Waals surface area contributed by atoms with Crippen LogP contribution in [0.1, 0.15) is 46.0 Å². The average molecular weight is 474 g/mol. The standard InChI is InChI=1S/C26H39N3O5/c1-3-27-15-8-9-22(27)19-29(18-14-25(31)33-4-2)26(32)21-12-16-28(17-13-21)24(30)20-34-23-10-6-5-7-11-23/h5-7,10-11,21-22H,3-4,8-9,12-20H2,1-2H3. The zero-order chi connectivity index (χ0) is 24.3. The Morgan fingerprint density at radius 1 is 1.03 bits per heavy atom. The van der Waals surface area contributed by atoms with Gasteiger partial charge in [-0.25, -0.2) is 0 Å². The largest absolute Gasteiger partial charge is 0.484 e. The number of ether oxygens (including phenoxy) is 2. The Bertz CT molecular complexity index is 795. The molecule has 2 heterocycles. The summed E-state index contributed by atoms with van der Waals surface area (Å²) in [5.41, 5.74) is 0. The van der Waals surface area contributed by atoms with E-state index in [4.69, 9.17) is 9.47 Å². The number of carbonyl (C=O) groups is 3. The zero-order valence-corrected chi connectivity index (χ0v) is 20.6. The fraction of sp³-hybridized carbons (Fsp3) is 0.654. The molecule has 0 aliphatic carbocycles. The molecule has 34 heavy (non-hydrogen) atoms. The molecule has 2 aliphatic rings. The van der Waals surface area contributed by atoms with Gasteiger partial charge in [0.2, 0.25) is 5.91 Å². The summed E-state index contributed by atoms with van der Waals surface area (Å²) in [5.74, 6) is 0.320. The Hall–Kier alpha value is -2.61. The number of piperidine rings is 1. The van der Waals surface area contributed by atoms with E-state index in [9.17, 15) is 14.4 Å². The third kappa shape index (κ3) is 7.45. The van der Waals surface area contributed by atoms with Crippen molar-refractivity contribution in [3.05, 3.63) is 30.3 Å². The summed E-state index contributed by atoms with van der Waals surface area (Å²) < 4.78 is 10.7. The Morgan fingerprint density at radius 3 is 2.44 bits per heavy atom. The van der Waals surface area contributed by atoms with Crippen molar-refractivity contribution in [3.8, 4) is 5.75 Å². The second kappa shape index (κ2) is 13.3. The van der Waals surface area contributed by atoms with Crippen LogP contribution in [-0.2, 0) is 19.1 Å². The van der Waals surface area contributed by atoms with Crippen LogP contribution in [-0.4, -0.2) is 91.0 Å². The summed E-state index contributed by atoms with van der Waals surface area (Å²) in [6.07, 6.45) is 3.70. The topological polar surface area (TPSA) is 79.4 Å². The second-order valence-electron chi connectivity index (χ2n) is 9.02. The summed E-state index contributed by atoms with van der Waals surface area (Å²) >= 11 is 0. The number of carbonyl (C=O) groups excluding carboxylic acids is 3. The van der Waals surface area contributed by atoms with E-state index in [1.165, 1.54) is 0 Å². The van der Waals surface area contributed by atoms with Crippen molar-refractivity contribution in [3.63, 3.8) is 0 Å². The molecule has 8 nitrogen and oxygen atoms in total. The van der Waals surface area contributed by atoms with Crippen molar-refractivity contribution in [2.75, 3.05) is 52.5 Å². The third-order valence-corrected chi connectivity index (χ3v) is 6.84. The molecule has 0 radical (unpaired) electrons. The van der Waals surface area contributed by atoms with Gasteiger partial charge in [0.25, 0.3) is 5.91 Å². The van der Waals surface area contributed by atoms with Crippen LogP contribution in [0.3, 0.4) is 0 Å². The molecule has 2 aliphatic heterocycles. The maximum Gasteiger partial charge on any atom is 0.307 e. The average Bonchev–Trinajstić information content (AvgIpc) is 3.32. The number of benzene rings is 1. The number of nitrogens with zero attached hydrogens (tertiary/aromatic N) is 3. The minimum atomic E-state index is -0.266. The summed E-state index contributed by atoms with van der Waals surface area (Å²) in [6, 6.07) is 9.64. The van der Waals surface area contributed by atoms with Crippen LogP contribution in [0, 0.1) is 5.92 Å². The highest BCUT2D eigenvalue weighted by Gasteiger charge is 2.33. The first-order valence-corrected chi connectivity index (χ1v) is 12.7. The van der Waals surface area contributed by atoms with E-state index in [1.807, 2.05) is 35.2 Å².